The Bertz CT molecular complexity index is 476. The van der Waals surface area contributed by atoms with E-state index in [-0.39, 0.29) is 5.97 Å². The van der Waals surface area contributed by atoms with Gasteiger partial charge in [-0.1, -0.05) is 135 Å². The molecule has 0 radical (unpaired) electrons. The fourth-order valence-electron chi connectivity index (χ4n) is 5.17. The third-order valence-electron chi connectivity index (χ3n) is 7.38. The first kappa shape index (κ1) is 30.0. The van der Waals surface area contributed by atoms with Crippen molar-refractivity contribution in [1.82, 2.24) is 0 Å². The van der Waals surface area contributed by atoms with Crippen molar-refractivity contribution in [2.24, 2.45) is 11.8 Å². The number of rotatable bonds is 22. The minimum atomic E-state index is -0.847. The Morgan fingerprint density at radius 1 is 0.606 bits per heavy atom. The van der Waals surface area contributed by atoms with Gasteiger partial charge in [0.15, 0.2) is 0 Å². The van der Waals surface area contributed by atoms with Crippen LogP contribution in [0.4, 0.5) is 0 Å². The van der Waals surface area contributed by atoms with Gasteiger partial charge in [0.2, 0.25) is 0 Å². The lowest BCUT2D eigenvalue weighted by atomic mass is 9.79. The summed E-state index contributed by atoms with van der Waals surface area (Å²) in [5.74, 6) is -2.11. The van der Waals surface area contributed by atoms with Crippen LogP contribution in [0.2, 0.25) is 0 Å². The highest BCUT2D eigenvalue weighted by atomic mass is 16.5. The topological polar surface area (TPSA) is 63.6 Å². The molecule has 0 heterocycles. The lowest BCUT2D eigenvalue weighted by Gasteiger charge is -2.26. The van der Waals surface area contributed by atoms with Crippen molar-refractivity contribution < 1.29 is 19.4 Å². The van der Waals surface area contributed by atoms with Crippen LogP contribution in [0.5, 0.6) is 0 Å². The Morgan fingerprint density at radius 3 is 1.36 bits per heavy atom. The van der Waals surface area contributed by atoms with Gasteiger partial charge in [-0.05, 0) is 19.3 Å². The highest BCUT2D eigenvalue weighted by Gasteiger charge is 2.36. The molecule has 0 spiro atoms. The summed E-state index contributed by atoms with van der Waals surface area (Å²) in [6.07, 6.45) is 28.7. The number of carbonyl (C=O) groups is 2. The molecule has 2 atom stereocenters. The van der Waals surface area contributed by atoms with E-state index in [0.717, 1.165) is 25.7 Å². The van der Waals surface area contributed by atoms with E-state index in [4.69, 9.17) is 4.74 Å². The fourth-order valence-corrected chi connectivity index (χ4v) is 5.17. The molecule has 0 aromatic rings. The zero-order valence-electron chi connectivity index (χ0n) is 21.8. The van der Waals surface area contributed by atoms with Crippen LogP contribution in [-0.2, 0) is 14.3 Å². The van der Waals surface area contributed by atoms with E-state index in [1.165, 1.54) is 109 Å². The van der Waals surface area contributed by atoms with Crippen molar-refractivity contribution in [2.45, 2.75) is 155 Å². The molecule has 0 bridgehead atoms. The number of carbonyl (C=O) groups excluding carboxylic acids is 1. The highest BCUT2D eigenvalue weighted by Crippen LogP contribution is 2.31. The van der Waals surface area contributed by atoms with Crippen molar-refractivity contribution in [3.8, 4) is 0 Å². The number of hydrogen-bond donors (Lipinski definition) is 1. The van der Waals surface area contributed by atoms with E-state index in [9.17, 15) is 14.7 Å². The number of carboxylic acid groups (broad SMARTS) is 1. The third-order valence-corrected chi connectivity index (χ3v) is 7.38. The monoisotopic (exact) mass is 466 g/mol. The van der Waals surface area contributed by atoms with E-state index in [2.05, 4.69) is 6.92 Å². The lowest BCUT2D eigenvalue weighted by Crippen LogP contribution is -2.33. The van der Waals surface area contributed by atoms with E-state index in [0.29, 0.717) is 19.4 Å². The third kappa shape index (κ3) is 16.2. The van der Waals surface area contributed by atoms with Crippen molar-refractivity contribution in [3.05, 3.63) is 0 Å². The molecule has 0 aromatic heterocycles. The number of carboxylic acids is 1. The number of unbranched alkanes of at least 4 members (excludes halogenated alkanes) is 18. The zero-order valence-corrected chi connectivity index (χ0v) is 21.8. The fraction of sp³-hybridized carbons (Fsp3) is 0.931. The van der Waals surface area contributed by atoms with Gasteiger partial charge in [-0.3, -0.25) is 9.59 Å². The maximum absolute atomic E-state index is 12.2. The van der Waals surface area contributed by atoms with E-state index in [1.54, 1.807) is 0 Å². The van der Waals surface area contributed by atoms with Crippen molar-refractivity contribution in [3.63, 3.8) is 0 Å². The second-order valence-corrected chi connectivity index (χ2v) is 10.4. The van der Waals surface area contributed by atoms with Gasteiger partial charge in [-0.2, -0.15) is 0 Å². The van der Waals surface area contributed by atoms with Gasteiger partial charge in [0.05, 0.1) is 18.4 Å². The largest absolute Gasteiger partial charge is 0.481 e. The molecule has 4 heteroatoms. The smallest absolute Gasteiger partial charge is 0.309 e. The van der Waals surface area contributed by atoms with Crippen LogP contribution in [0.1, 0.15) is 155 Å². The molecule has 0 amide bonds. The van der Waals surface area contributed by atoms with Gasteiger partial charge in [0, 0.05) is 0 Å². The van der Waals surface area contributed by atoms with Gasteiger partial charge in [-0.15, -0.1) is 0 Å². The average Bonchev–Trinajstić information content (AvgIpc) is 2.82. The Hall–Kier alpha value is -1.06. The van der Waals surface area contributed by atoms with E-state index in [1.807, 2.05) is 0 Å². The molecule has 2 unspecified atom stereocenters. The first-order chi connectivity index (χ1) is 16.2. The molecule has 1 aliphatic rings. The molecule has 1 rings (SSSR count). The second kappa shape index (κ2) is 21.5. The maximum atomic E-state index is 12.2. The average molecular weight is 467 g/mol. The van der Waals surface area contributed by atoms with Crippen molar-refractivity contribution >= 4 is 11.9 Å². The molecule has 0 aliphatic heterocycles. The van der Waals surface area contributed by atoms with Crippen LogP contribution in [0.15, 0.2) is 0 Å². The van der Waals surface area contributed by atoms with E-state index < -0.39 is 17.8 Å². The molecule has 33 heavy (non-hydrogen) atoms. The first-order valence-electron chi connectivity index (χ1n) is 14.6. The summed E-state index contributed by atoms with van der Waals surface area (Å²) < 4.78 is 5.39. The molecule has 0 aromatic carbocycles. The van der Waals surface area contributed by atoms with Gasteiger partial charge >= 0.3 is 11.9 Å². The second-order valence-electron chi connectivity index (χ2n) is 10.4. The van der Waals surface area contributed by atoms with Crippen LogP contribution in [0, 0.1) is 11.8 Å². The highest BCUT2D eigenvalue weighted by molar-refractivity contribution is 5.81. The summed E-state index contributed by atoms with van der Waals surface area (Å²) in [6, 6.07) is 0. The van der Waals surface area contributed by atoms with Crippen LogP contribution >= 0.6 is 0 Å². The lowest BCUT2D eigenvalue weighted by molar-refractivity contribution is -0.159. The van der Waals surface area contributed by atoms with E-state index >= 15 is 0 Å². The normalized spacial score (nSPS) is 18.3. The summed E-state index contributed by atoms with van der Waals surface area (Å²) in [5, 5.41) is 9.29. The minimum absolute atomic E-state index is 0.287. The predicted octanol–water partition coefficient (Wildman–Crippen LogP) is 8.85. The number of ether oxygens (including phenoxy) is 1. The molecule has 0 saturated heterocycles. The maximum Gasteiger partial charge on any atom is 0.309 e. The van der Waals surface area contributed by atoms with Gasteiger partial charge in [0.1, 0.15) is 0 Å². The summed E-state index contributed by atoms with van der Waals surface area (Å²) >= 11 is 0. The van der Waals surface area contributed by atoms with Crippen LogP contribution in [0.3, 0.4) is 0 Å². The Balaban J connectivity index is 1.79. The van der Waals surface area contributed by atoms with Gasteiger partial charge in [0.25, 0.3) is 0 Å². The molecule has 1 saturated carbocycles. The SMILES string of the molecule is CCCCCCCCCCCCCCCCCCCCCOC(=O)C1CCCCC1C(=O)O. The predicted molar refractivity (Wildman–Crippen MR) is 137 cm³/mol. The number of aliphatic carboxylic acids is 1. The number of hydrogen-bond acceptors (Lipinski definition) is 3. The minimum Gasteiger partial charge on any atom is -0.481 e. The van der Waals surface area contributed by atoms with Crippen LogP contribution < -0.4 is 0 Å². The van der Waals surface area contributed by atoms with Gasteiger partial charge in [-0.25, -0.2) is 0 Å². The summed E-state index contributed by atoms with van der Waals surface area (Å²) in [4.78, 5) is 23.5. The van der Waals surface area contributed by atoms with Gasteiger partial charge < -0.3 is 9.84 Å². The summed E-state index contributed by atoms with van der Waals surface area (Å²) in [7, 11) is 0. The zero-order chi connectivity index (χ0) is 24.0. The van der Waals surface area contributed by atoms with Crippen molar-refractivity contribution in [2.75, 3.05) is 6.61 Å². The molecule has 194 valence electrons. The van der Waals surface area contributed by atoms with Crippen LogP contribution in [0.25, 0.3) is 0 Å². The Morgan fingerprint density at radius 2 is 0.970 bits per heavy atom. The molecule has 1 aliphatic carbocycles. The summed E-state index contributed by atoms with van der Waals surface area (Å²) in [5.41, 5.74) is 0. The number of esters is 1. The quantitative estimate of drug-likeness (QED) is 0.128. The molecular formula is C29H54O4. The first-order valence-corrected chi connectivity index (χ1v) is 14.6. The Labute approximate surface area is 204 Å². The van der Waals surface area contributed by atoms with Crippen LogP contribution in [-0.4, -0.2) is 23.7 Å². The standard InChI is InChI=1S/C29H54O4/c1-2-3-4-5-6-7-8-9-10-11-12-13-14-15-16-17-18-19-22-25-33-29(32)27-24-21-20-23-26(27)28(30)31/h26-27H,2-25H2,1H3,(H,30,31). The molecule has 1 N–H and O–H groups in total. The van der Waals surface area contributed by atoms with Crippen molar-refractivity contribution in [1.29, 1.82) is 0 Å². The summed E-state index contributed by atoms with van der Waals surface area (Å²) in [6.45, 7) is 2.73. The molecule has 1 fully saturated rings. The Kier molecular flexibility index (Phi) is 19.5. The molecular weight excluding hydrogens is 412 g/mol. The molecule has 4 nitrogen and oxygen atoms in total.